The van der Waals surface area contributed by atoms with Gasteiger partial charge in [-0.3, -0.25) is 4.79 Å². The largest absolute Gasteiger partial charge is 0.481 e. The molecule has 0 aromatic carbocycles. The normalized spacial score (nSPS) is 11.6. The minimum Gasteiger partial charge on any atom is -0.481 e. The van der Waals surface area contributed by atoms with Gasteiger partial charge in [0.1, 0.15) is 12.6 Å². The molecule has 7 nitrogen and oxygen atoms in total. The van der Waals surface area contributed by atoms with Crippen molar-refractivity contribution in [3.8, 4) is 5.88 Å². The average Bonchev–Trinajstić information content (AvgIpc) is 2.51. The van der Waals surface area contributed by atoms with E-state index in [4.69, 9.17) is 14.2 Å². The van der Waals surface area contributed by atoms with Crippen LogP contribution in [-0.4, -0.2) is 50.3 Å². The maximum atomic E-state index is 11.8. The van der Waals surface area contributed by atoms with E-state index in [0.29, 0.717) is 18.1 Å². The first-order valence-corrected chi connectivity index (χ1v) is 6.55. The highest BCUT2D eigenvalue weighted by Crippen LogP contribution is 2.16. The summed E-state index contributed by atoms with van der Waals surface area (Å²) in [6.45, 7) is 2.10. The van der Waals surface area contributed by atoms with Crippen molar-refractivity contribution in [1.82, 2.24) is 10.3 Å². The van der Waals surface area contributed by atoms with Crippen molar-refractivity contribution in [3.63, 3.8) is 0 Å². The van der Waals surface area contributed by atoms with Crippen molar-refractivity contribution in [3.05, 3.63) is 23.9 Å². The Morgan fingerprint density at radius 2 is 2.14 bits per heavy atom. The van der Waals surface area contributed by atoms with Crippen LogP contribution >= 0.6 is 0 Å². The monoisotopic (exact) mass is 296 g/mol. The van der Waals surface area contributed by atoms with Gasteiger partial charge >= 0.3 is 5.97 Å². The highest BCUT2D eigenvalue weighted by Gasteiger charge is 2.23. The van der Waals surface area contributed by atoms with Gasteiger partial charge in [-0.15, -0.1) is 0 Å². The van der Waals surface area contributed by atoms with Crippen LogP contribution in [0.15, 0.2) is 18.3 Å². The summed E-state index contributed by atoms with van der Waals surface area (Å²) in [4.78, 5) is 27.5. The molecular weight excluding hydrogens is 276 g/mol. The second-order valence-corrected chi connectivity index (χ2v) is 4.16. The Labute approximate surface area is 123 Å². The molecule has 0 unspecified atom stereocenters. The first-order chi connectivity index (χ1) is 10.1. The molecule has 0 spiro atoms. The third kappa shape index (κ3) is 5.39. The van der Waals surface area contributed by atoms with Crippen LogP contribution in [0.3, 0.4) is 0 Å². The Bertz CT molecular complexity index is 478. The van der Waals surface area contributed by atoms with Crippen molar-refractivity contribution in [2.75, 3.05) is 27.4 Å². The first-order valence-electron chi connectivity index (χ1n) is 6.55. The van der Waals surface area contributed by atoms with Gasteiger partial charge < -0.3 is 19.5 Å². The molecule has 1 rings (SSSR count). The van der Waals surface area contributed by atoms with E-state index in [1.165, 1.54) is 14.2 Å². The summed E-state index contributed by atoms with van der Waals surface area (Å²) >= 11 is 0. The van der Waals surface area contributed by atoms with Crippen LogP contribution in [0.25, 0.3) is 0 Å². The van der Waals surface area contributed by atoms with Crippen molar-refractivity contribution < 1.29 is 23.8 Å². The van der Waals surface area contributed by atoms with Crippen LogP contribution < -0.4 is 10.1 Å². The molecule has 1 aromatic rings. The molecule has 0 saturated carbocycles. The number of hydrogen-bond donors (Lipinski definition) is 1. The molecule has 0 fully saturated rings. The van der Waals surface area contributed by atoms with Crippen LogP contribution in [-0.2, 0) is 25.5 Å². The number of ether oxygens (including phenoxy) is 3. The summed E-state index contributed by atoms with van der Waals surface area (Å²) in [5.74, 6) is -0.508. The topological polar surface area (TPSA) is 86.8 Å². The summed E-state index contributed by atoms with van der Waals surface area (Å²) in [7, 11) is 2.76. The Morgan fingerprint density at radius 1 is 1.38 bits per heavy atom. The molecular formula is C14H20N2O5. The molecule has 7 heteroatoms. The van der Waals surface area contributed by atoms with E-state index in [1.807, 2.05) is 0 Å². The number of nitrogens with zero attached hydrogens (tertiary/aromatic N) is 1. The first kappa shape index (κ1) is 16.9. The Balaban J connectivity index is 2.78. The predicted octanol–water partition coefficient (Wildman–Crippen LogP) is 0.327. The molecule has 0 radical (unpaired) electrons. The van der Waals surface area contributed by atoms with Crippen LogP contribution in [0, 0.1) is 0 Å². The molecule has 21 heavy (non-hydrogen) atoms. The van der Waals surface area contributed by atoms with Gasteiger partial charge in [0.25, 0.3) is 0 Å². The number of rotatable bonds is 8. The lowest BCUT2D eigenvalue weighted by molar-refractivity contribution is -0.145. The number of methoxy groups -OCH3 is 2. The van der Waals surface area contributed by atoms with Crippen LogP contribution in [0.5, 0.6) is 5.88 Å². The zero-order valence-electron chi connectivity index (χ0n) is 12.4. The number of aromatic nitrogens is 1. The average molecular weight is 296 g/mol. The van der Waals surface area contributed by atoms with E-state index in [-0.39, 0.29) is 18.9 Å². The lowest BCUT2D eigenvalue weighted by Crippen LogP contribution is -2.44. The van der Waals surface area contributed by atoms with Crippen molar-refractivity contribution >= 4 is 11.9 Å². The van der Waals surface area contributed by atoms with E-state index in [0.717, 1.165) is 0 Å². The zero-order chi connectivity index (χ0) is 15.7. The van der Waals surface area contributed by atoms with Gasteiger partial charge in [-0.25, -0.2) is 9.78 Å². The second-order valence-electron chi connectivity index (χ2n) is 4.16. The van der Waals surface area contributed by atoms with Crippen LogP contribution in [0.2, 0.25) is 0 Å². The molecule has 1 aromatic heterocycles. The number of carbonyl (C=O) groups excluding carboxylic acids is 2. The molecule has 1 atom stereocenters. The zero-order valence-corrected chi connectivity index (χ0v) is 12.4. The molecule has 1 heterocycles. The fourth-order valence-corrected chi connectivity index (χ4v) is 1.75. The minimum absolute atomic E-state index is 0.103. The SMILES string of the molecule is CCOCC(=O)N[C@@H](Cc1cccnc1OC)C(=O)OC. The van der Waals surface area contributed by atoms with Crippen molar-refractivity contribution in [2.24, 2.45) is 0 Å². The van der Waals surface area contributed by atoms with Crippen molar-refractivity contribution in [1.29, 1.82) is 0 Å². The molecule has 1 N–H and O–H groups in total. The summed E-state index contributed by atoms with van der Waals surface area (Å²) in [6.07, 6.45) is 1.81. The maximum Gasteiger partial charge on any atom is 0.328 e. The van der Waals surface area contributed by atoms with Crippen molar-refractivity contribution in [2.45, 2.75) is 19.4 Å². The standard InChI is InChI=1S/C14H20N2O5/c1-4-21-9-12(17)16-11(14(18)20-3)8-10-6-5-7-15-13(10)19-2/h5-7,11H,4,8-9H2,1-3H3,(H,16,17)/t11-/m0/s1. The summed E-state index contributed by atoms with van der Waals surface area (Å²) in [6, 6.07) is 2.69. The Hall–Kier alpha value is -2.15. The molecule has 0 bridgehead atoms. The number of amides is 1. The van der Waals surface area contributed by atoms with Crippen LogP contribution in [0.1, 0.15) is 12.5 Å². The van der Waals surface area contributed by atoms with Gasteiger partial charge in [-0.05, 0) is 13.0 Å². The second kappa shape index (κ2) is 8.91. The highest BCUT2D eigenvalue weighted by molar-refractivity contribution is 5.85. The smallest absolute Gasteiger partial charge is 0.328 e. The number of nitrogens with one attached hydrogen (secondary N) is 1. The van der Waals surface area contributed by atoms with Gasteiger partial charge in [-0.1, -0.05) is 6.07 Å². The van der Waals surface area contributed by atoms with E-state index in [1.54, 1.807) is 25.3 Å². The quantitative estimate of drug-likeness (QED) is 0.696. The number of hydrogen-bond acceptors (Lipinski definition) is 6. The summed E-state index contributed by atoms with van der Waals surface area (Å²) in [5.41, 5.74) is 0.701. The molecule has 0 aliphatic carbocycles. The van der Waals surface area contributed by atoms with Crippen LogP contribution in [0.4, 0.5) is 0 Å². The van der Waals surface area contributed by atoms with Gasteiger partial charge in [0.15, 0.2) is 0 Å². The summed E-state index contributed by atoms with van der Waals surface area (Å²) < 4.78 is 14.8. The number of carbonyl (C=O) groups is 2. The molecule has 116 valence electrons. The third-order valence-corrected chi connectivity index (χ3v) is 2.73. The molecule has 0 aliphatic heterocycles. The van der Waals surface area contributed by atoms with E-state index >= 15 is 0 Å². The predicted molar refractivity (Wildman–Crippen MR) is 74.9 cm³/mol. The molecule has 0 saturated heterocycles. The fraction of sp³-hybridized carbons (Fsp3) is 0.500. The maximum absolute atomic E-state index is 11.8. The lowest BCUT2D eigenvalue weighted by atomic mass is 10.1. The summed E-state index contributed by atoms with van der Waals surface area (Å²) in [5, 5.41) is 2.58. The minimum atomic E-state index is -0.818. The van der Waals surface area contributed by atoms with Gasteiger partial charge in [0.05, 0.1) is 14.2 Å². The third-order valence-electron chi connectivity index (χ3n) is 2.73. The van der Waals surface area contributed by atoms with Gasteiger partial charge in [0, 0.05) is 24.8 Å². The van der Waals surface area contributed by atoms with E-state index < -0.39 is 12.0 Å². The lowest BCUT2D eigenvalue weighted by Gasteiger charge is -2.17. The Kier molecular flexibility index (Phi) is 7.17. The molecule has 0 aliphatic rings. The Morgan fingerprint density at radius 3 is 2.76 bits per heavy atom. The number of pyridine rings is 1. The van der Waals surface area contributed by atoms with Gasteiger partial charge in [-0.2, -0.15) is 0 Å². The van der Waals surface area contributed by atoms with Gasteiger partial charge in [0.2, 0.25) is 11.8 Å². The van der Waals surface area contributed by atoms with E-state index in [9.17, 15) is 9.59 Å². The highest BCUT2D eigenvalue weighted by atomic mass is 16.5. The fourth-order valence-electron chi connectivity index (χ4n) is 1.75. The molecule has 1 amide bonds. The van der Waals surface area contributed by atoms with E-state index in [2.05, 4.69) is 10.3 Å². The number of esters is 1.